The van der Waals surface area contributed by atoms with Crippen molar-refractivity contribution in [1.82, 2.24) is 15.2 Å². The van der Waals surface area contributed by atoms with Crippen LogP contribution in [0.2, 0.25) is 0 Å². The van der Waals surface area contributed by atoms with E-state index in [9.17, 15) is 9.59 Å². The Hall–Kier alpha value is -2.24. The Morgan fingerprint density at radius 3 is 2.79 bits per heavy atom. The zero-order valence-electron chi connectivity index (χ0n) is 17.5. The minimum Gasteiger partial charge on any atom is -0.444 e. The first-order valence-corrected chi connectivity index (χ1v) is 10.5. The van der Waals surface area contributed by atoms with Crippen molar-refractivity contribution in [2.24, 2.45) is 0 Å². The number of aromatic nitrogens is 1. The smallest absolute Gasteiger partial charge is 0.407 e. The van der Waals surface area contributed by atoms with Gasteiger partial charge >= 0.3 is 6.09 Å². The predicted octanol–water partition coefficient (Wildman–Crippen LogP) is 4.27. The molecule has 0 aliphatic heterocycles. The summed E-state index contributed by atoms with van der Waals surface area (Å²) in [4.78, 5) is 30.6. The van der Waals surface area contributed by atoms with Crippen LogP contribution in [0.4, 0.5) is 4.79 Å². The number of carbonyl (C=O) groups is 2. The van der Waals surface area contributed by atoms with Crippen LogP contribution in [0.1, 0.15) is 81.5 Å². The van der Waals surface area contributed by atoms with E-state index in [0.717, 1.165) is 49.8 Å². The van der Waals surface area contributed by atoms with Gasteiger partial charge in [-0.2, -0.15) is 0 Å². The molecule has 6 nitrogen and oxygen atoms in total. The number of nitrogens with zero attached hydrogens (tertiary/aromatic N) is 1. The lowest BCUT2D eigenvalue weighted by molar-refractivity contribution is 0.0460. The lowest BCUT2D eigenvalue weighted by atomic mass is 9.89. The van der Waals surface area contributed by atoms with Crippen LogP contribution in [0.25, 0.3) is 6.08 Å². The van der Waals surface area contributed by atoms with Crippen molar-refractivity contribution in [3.8, 4) is 0 Å². The van der Waals surface area contributed by atoms with Crippen LogP contribution in [0.15, 0.2) is 12.1 Å². The number of allylic oxidation sites excluding steroid dienone is 1. The molecule has 3 rings (SSSR count). The van der Waals surface area contributed by atoms with Crippen LogP contribution in [-0.2, 0) is 11.2 Å². The maximum absolute atomic E-state index is 13.2. The van der Waals surface area contributed by atoms with Gasteiger partial charge in [0.1, 0.15) is 11.3 Å². The third kappa shape index (κ3) is 4.97. The highest BCUT2D eigenvalue weighted by Crippen LogP contribution is 2.26. The van der Waals surface area contributed by atoms with Gasteiger partial charge < -0.3 is 19.9 Å². The third-order valence-electron chi connectivity index (χ3n) is 5.43. The van der Waals surface area contributed by atoms with Gasteiger partial charge in [-0.1, -0.05) is 12.2 Å². The standard InChI is InChI=1S/C22H33N3O3/c1-5-25(20(26)19-13-15-9-6-7-12-18(15)24-19)17-11-8-10-16(14-17)23-21(27)28-22(2,3)4/h6,9,13,16-17,24H,5,7-8,10-12,14H2,1-4H3,(H,23,27). The van der Waals surface area contributed by atoms with Crippen LogP contribution in [0.3, 0.4) is 0 Å². The number of H-pyrrole nitrogens is 1. The van der Waals surface area contributed by atoms with E-state index in [1.54, 1.807) is 0 Å². The fraction of sp³-hybridized carbons (Fsp3) is 0.636. The molecule has 1 aromatic heterocycles. The highest BCUT2D eigenvalue weighted by molar-refractivity contribution is 5.93. The second kappa shape index (κ2) is 8.41. The number of rotatable bonds is 4. The molecule has 0 saturated heterocycles. The van der Waals surface area contributed by atoms with E-state index in [-0.39, 0.29) is 24.1 Å². The second-order valence-corrected chi connectivity index (χ2v) is 8.81. The first-order chi connectivity index (χ1) is 13.3. The molecule has 2 aliphatic rings. The molecule has 2 aliphatic carbocycles. The van der Waals surface area contributed by atoms with Gasteiger partial charge in [0, 0.05) is 24.3 Å². The summed E-state index contributed by atoms with van der Waals surface area (Å²) in [5, 5.41) is 2.99. The minimum atomic E-state index is -0.509. The summed E-state index contributed by atoms with van der Waals surface area (Å²) in [5.41, 5.74) is 2.43. The first-order valence-electron chi connectivity index (χ1n) is 10.5. The summed E-state index contributed by atoms with van der Waals surface area (Å²) >= 11 is 0. The maximum atomic E-state index is 13.2. The maximum Gasteiger partial charge on any atom is 0.407 e. The van der Waals surface area contributed by atoms with E-state index in [1.165, 1.54) is 0 Å². The first kappa shape index (κ1) is 20.5. The molecular weight excluding hydrogens is 354 g/mol. The number of ether oxygens (including phenoxy) is 1. The van der Waals surface area contributed by atoms with Gasteiger partial charge in [0.05, 0.1) is 0 Å². The van der Waals surface area contributed by atoms with E-state index >= 15 is 0 Å². The average Bonchev–Trinajstić information content (AvgIpc) is 3.05. The largest absolute Gasteiger partial charge is 0.444 e. The molecule has 1 fully saturated rings. The number of carbonyl (C=O) groups excluding carboxylic acids is 2. The highest BCUT2D eigenvalue weighted by Gasteiger charge is 2.31. The van der Waals surface area contributed by atoms with E-state index in [1.807, 2.05) is 38.7 Å². The normalized spacial score (nSPS) is 21.7. The quantitative estimate of drug-likeness (QED) is 0.810. The summed E-state index contributed by atoms with van der Waals surface area (Å²) in [7, 11) is 0. The van der Waals surface area contributed by atoms with Crippen LogP contribution < -0.4 is 5.32 Å². The molecule has 2 N–H and O–H groups in total. The van der Waals surface area contributed by atoms with Crippen LogP contribution >= 0.6 is 0 Å². The molecule has 6 heteroatoms. The molecule has 0 bridgehead atoms. The van der Waals surface area contributed by atoms with Crippen LogP contribution in [0.5, 0.6) is 0 Å². The van der Waals surface area contributed by atoms with Crippen molar-refractivity contribution < 1.29 is 14.3 Å². The number of aryl methyl sites for hydroxylation is 1. The fourth-order valence-electron chi connectivity index (χ4n) is 4.20. The van der Waals surface area contributed by atoms with Gasteiger partial charge in [0.2, 0.25) is 0 Å². The molecule has 154 valence electrons. The van der Waals surface area contributed by atoms with Crippen molar-refractivity contribution in [3.63, 3.8) is 0 Å². The van der Waals surface area contributed by atoms with Crippen LogP contribution in [0, 0.1) is 0 Å². The van der Waals surface area contributed by atoms with Crippen molar-refractivity contribution in [3.05, 3.63) is 29.1 Å². The second-order valence-electron chi connectivity index (χ2n) is 8.81. The van der Waals surface area contributed by atoms with Crippen molar-refractivity contribution in [2.45, 2.75) is 83.9 Å². The summed E-state index contributed by atoms with van der Waals surface area (Å²) in [6, 6.07) is 2.13. The Morgan fingerprint density at radius 2 is 2.11 bits per heavy atom. The summed E-state index contributed by atoms with van der Waals surface area (Å²) in [6.45, 7) is 8.25. The Kier molecular flexibility index (Phi) is 6.16. The lowest BCUT2D eigenvalue weighted by Crippen LogP contribution is -2.48. The molecule has 1 saturated carbocycles. The van der Waals surface area contributed by atoms with Gasteiger partial charge in [-0.25, -0.2) is 4.79 Å². The number of aromatic amines is 1. The highest BCUT2D eigenvalue weighted by atomic mass is 16.6. The van der Waals surface area contributed by atoms with Crippen molar-refractivity contribution in [2.75, 3.05) is 6.54 Å². The minimum absolute atomic E-state index is 0.0373. The molecule has 0 spiro atoms. The zero-order chi connectivity index (χ0) is 20.3. The summed E-state index contributed by atoms with van der Waals surface area (Å²) < 4.78 is 5.38. The zero-order valence-corrected chi connectivity index (χ0v) is 17.5. The third-order valence-corrected chi connectivity index (χ3v) is 5.43. The molecule has 2 atom stereocenters. The molecule has 28 heavy (non-hydrogen) atoms. The molecule has 2 unspecified atom stereocenters. The molecule has 0 aromatic carbocycles. The number of hydrogen-bond donors (Lipinski definition) is 2. The van der Waals surface area contributed by atoms with Gasteiger partial charge in [0.15, 0.2) is 0 Å². The molecule has 1 aromatic rings. The van der Waals surface area contributed by atoms with Gasteiger partial charge in [0.25, 0.3) is 5.91 Å². The Morgan fingerprint density at radius 1 is 1.32 bits per heavy atom. The van der Waals surface area contributed by atoms with Gasteiger partial charge in [-0.3, -0.25) is 4.79 Å². The van der Waals surface area contributed by atoms with Crippen molar-refractivity contribution >= 4 is 18.1 Å². The lowest BCUT2D eigenvalue weighted by Gasteiger charge is -2.37. The number of alkyl carbamates (subject to hydrolysis) is 1. The van der Waals surface area contributed by atoms with Gasteiger partial charge in [-0.05, 0) is 77.8 Å². The SMILES string of the molecule is CCN(C(=O)c1cc2c([nH]1)CCC=C2)C1CCCC(NC(=O)OC(C)(C)C)C1. The Balaban J connectivity index is 1.64. The number of hydrogen-bond acceptors (Lipinski definition) is 3. The van der Waals surface area contributed by atoms with Crippen LogP contribution in [-0.4, -0.2) is 46.1 Å². The summed E-state index contributed by atoms with van der Waals surface area (Å²) in [6.07, 6.45) is 9.46. The van der Waals surface area contributed by atoms with Gasteiger partial charge in [-0.15, -0.1) is 0 Å². The topological polar surface area (TPSA) is 74.4 Å². The fourth-order valence-corrected chi connectivity index (χ4v) is 4.20. The van der Waals surface area contributed by atoms with E-state index in [2.05, 4.69) is 22.5 Å². The monoisotopic (exact) mass is 387 g/mol. The average molecular weight is 388 g/mol. The predicted molar refractivity (Wildman–Crippen MR) is 110 cm³/mol. The molecule has 0 radical (unpaired) electrons. The van der Waals surface area contributed by atoms with E-state index in [0.29, 0.717) is 12.2 Å². The molecule has 1 heterocycles. The van der Waals surface area contributed by atoms with Crippen molar-refractivity contribution in [1.29, 1.82) is 0 Å². The van der Waals surface area contributed by atoms with E-state index < -0.39 is 5.60 Å². The molecule has 2 amide bonds. The summed E-state index contributed by atoms with van der Waals surface area (Å²) in [5.74, 6) is 0.0493. The molecular formula is C22H33N3O3. The number of amides is 2. The van der Waals surface area contributed by atoms with E-state index in [4.69, 9.17) is 4.74 Å². The number of fused-ring (bicyclic) bond motifs is 1. The number of nitrogens with one attached hydrogen (secondary N) is 2. The Bertz CT molecular complexity index is 745. The Labute approximate surface area is 167 Å².